The van der Waals surface area contributed by atoms with Crippen LogP contribution < -0.4 is 4.74 Å². The maximum absolute atomic E-state index is 5.02. The van der Waals surface area contributed by atoms with Crippen molar-refractivity contribution in [3.8, 4) is 17.0 Å². The Morgan fingerprint density at radius 3 is 2.53 bits per heavy atom. The quantitative estimate of drug-likeness (QED) is 0.741. The van der Waals surface area contributed by atoms with Crippen molar-refractivity contribution >= 4 is 0 Å². The molecule has 2 aromatic rings. The molecule has 0 fully saturated rings. The maximum Gasteiger partial charge on any atom is 0.212 e. The van der Waals surface area contributed by atoms with Gasteiger partial charge in [-0.25, -0.2) is 4.98 Å². The largest absolute Gasteiger partial charge is 0.481 e. The number of nitrogens with zero attached hydrogens (tertiary/aromatic N) is 1. The summed E-state index contributed by atoms with van der Waals surface area (Å²) in [5.41, 5.74) is 3.55. The number of ether oxygens (including phenoxy) is 1. The van der Waals surface area contributed by atoms with E-state index in [1.807, 2.05) is 18.3 Å². The molecule has 2 heteroatoms. The summed E-state index contributed by atoms with van der Waals surface area (Å²) >= 11 is 0. The normalized spacial score (nSPS) is 10.0. The molecule has 2 rings (SSSR count). The van der Waals surface area contributed by atoms with E-state index >= 15 is 0 Å². The topological polar surface area (TPSA) is 22.1 Å². The molecule has 0 saturated heterocycles. The minimum absolute atomic E-state index is 0.645. The summed E-state index contributed by atoms with van der Waals surface area (Å²) in [6.07, 6.45) is 1.83. The zero-order valence-corrected chi connectivity index (χ0v) is 8.90. The number of rotatable bonds is 2. The van der Waals surface area contributed by atoms with Crippen molar-refractivity contribution in [2.24, 2.45) is 0 Å². The van der Waals surface area contributed by atoms with E-state index in [9.17, 15) is 0 Å². The Kier molecular flexibility index (Phi) is 2.68. The number of hydrogen-bond acceptors (Lipinski definition) is 2. The second kappa shape index (κ2) is 4.13. The van der Waals surface area contributed by atoms with Gasteiger partial charge in [0.1, 0.15) is 0 Å². The fraction of sp³-hybridized carbons (Fsp3) is 0.154. The van der Waals surface area contributed by atoms with E-state index in [0.717, 1.165) is 5.56 Å². The van der Waals surface area contributed by atoms with Gasteiger partial charge in [0.2, 0.25) is 5.88 Å². The van der Waals surface area contributed by atoms with Gasteiger partial charge in [0.25, 0.3) is 0 Å². The molecule has 76 valence electrons. The zero-order valence-electron chi connectivity index (χ0n) is 8.90. The summed E-state index contributed by atoms with van der Waals surface area (Å²) in [4.78, 5) is 4.18. The molecule has 0 unspecified atom stereocenters. The van der Waals surface area contributed by atoms with E-state index < -0.39 is 0 Å². The fourth-order valence-corrected chi connectivity index (χ4v) is 1.50. The van der Waals surface area contributed by atoms with Crippen LogP contribution in [0.4, 0.5) is 0 Å². The molecular weight excluding hydrogens is 186 g/mol. The van der Waals surface area contributed by atoms with E-state index in [2.05, 4.69) is 36.2 Å². The summed E-state index contributed by atoms with van der Waals surface area (Å²) < 4.78 is 5.02. The van der Waals surface area contributed by atoms with Gasteiger partial charge in [-0.15, -0.1) is 0 Å². The van der Waals surface area contributed by atoms with Gasteiger partial charge in [0.05, 0.1) is 7.11 Å². The van der Waals surface area contributed by atoms with Crippen molar-refractivity contribution in [3.63, 3.8) is 0 Å². The lowest BCUT2D eigenvalue weighted by molar-refractivity contribution is 0.398. The molecule has 1 aromatic carbocycles. The first-order chi connectivity index (χ1) is 7.29. The first kappa shape index (κ1) is 9.71. The summed E-state index contributed by atoms with van der Waals surface area (Å²) in [5.74, 6) is 0.645. The van der Waals surface area contributed by atoms with E-state index in [0.29, 0.717) is 5.88 Å². The summed E-state index contributed by atoms with van der Waals surface area (Å²) in [7, 11) is 1.62. The van der Waals surface area contributed by atoms with Crippen molar-refractivity contribution in [3.05, 3.63) is 48.2 Å². The smallest absolute Gasteiger partial charge is 0.212 e. The van der Waals surface area contributed by atoms with Crippen LogP contribution >= 0.6 is 0 Å². The predicted molar refractivity (Wildman–Crippen MR) is 61.0 cm³/mol. The Balaban J connectivity index is 2.37. The van der Waals surface area contributed by atoms with E-state index in [1.54, 1.807) is 7.11 Å². The Labute approximate surface area is 89.6 Å². The lowest BCUT2D eigenvalue weighted by atomic mass is 10.1. The van der Waals surface area contributed by atoms with Gasteiger partial charge in [-0.05, 0) is 18.6 Å². The zero-order chi connectivity index (χ0) is 10.7. The maximum atomic E-state index is 5.02. The summed E-state index contributed by atoms with van der Waals surface area (Å²) in [5, 5.41) is 0. The fourth-order valence-electron chi connectivity index (χ4n) is 1.50. The highest BCUT2D eigenvalue weighted by Crippen LogP contribution is 2.20. The molecule has 0 aliphatic carbocycles. The molecule has 2 nitrogen and oxygen atoms in total. The lowest BCUT2D eigenvalue weighted by Crippen LogP contribution is -1.87. The predicted octanol–water partition coefficient (Wildman–Crippen LogP) is 3.07. The minimum Gasteiger partial charge on any atom is -0.481 e. The first-order valence-corrected chi connectivity index (χ1v) is 4.86. The number of methoxy groups -OCH3 is 1. The number of hydrogen-bond donors (Lipinski definition) is 0. The van der Waals surface area contributed by atoms with Gasteiger partial charge < -0.3 is 4.74 Å². The van der Waals surface area contributed by atoms with Crippen LogP contribution in [0.15, 0.2) is 42.6 Å². The van der Waals surface area contributed by atoms with Crippen LogP contribution in [0.3, 0.4) is 0 Å². The molecule has 0 saturated carbocycles. The number of pyridine rings is 1. The van der Waals surface area contributed by atoms with Crippen molar-refractivity contribution in [1.82, 2.24) is 4.98 Å². The second-order valence-corrected chi connectivity index (χ2v) is 3.46. The molecule has 0 amide bonds. The molecule has 0 radical (unpaired) electrons. The van der Waals surface area contributed by atoms with Gasteiger partial charge in [0, 0.05) is 17.8 Å². The van der Waals surface area contributed by atoms with Crippen LogP contribution in [0.1, 0.15) is 5.56 Å². The van der Waals surface area contributed by atoms with Gasteiger partial charge in [-0.3, -0.25) is 0 Å². The van der Waals surface area contributed by atoms with Crippen LogP contribution in [0.2, 0.25) is 0 Å². The molecule has 0 spiro atoms. The van der Waals surface area contributed by atoms with Crippen molar-refractivity contribution in [2.75, 3.05) is 7.11 Å². The standard InChI is InChI=1S/C13H13NO/c1-10-4-3-5-11(8-10)12-6-7-13(15-2)14-9-12/h3-9H,1-2H3. The number of benzene rings is 1. The van der Waals surface area contributed by atoms with Crippen LogP contribution in [0.5, 0.6) is 5.88 Å². The Morgan fingerprint density at radius 2 is 1.93 bits per heavy atom. The summed E-state index contributed by atoms with van der Waals surface area (Å²) in [6.45, 7) is 2.08. The molecule has 0 N–H and O–H groups in total. The Hall–Kier alpha value is -1.83. The lowest BCUT2D eigenvalue weighted by Gasteiger charge is -2.03. The minimum atomic E-state index is 0.645. The van der Waals surface area contributed by atoms with Crippen LogP contribution in [0.25, 0.3) is 11.1 Å². The first-order valence-electron chi connectivity index (χ1n) is 4.86. The van der Waals surface area contributed by atoms with E-state index in [4.69, 9.17) is 4.74 Å². The number of aromatic nitrogens is 1. The van der Waals surface area contributed by atoms with Gasteiger partial charge >= 0.3 is 0 Å². The van der Waals surface area contributed by atoms with Crippen LogP contribution in [0, 0.1) is 6.92 Å². The molecule has 0 aliphatic heterocycles. The highest BCUT2D eigenvalue weighted by atomic mass is 16.5. The van der Waals surface area contributed by atoms with Crippen molar-refractivity contribution < 1.29 is 4.74 Å². The molecular formula is C13H13NO. The van der Waals surface area contributed by atoms with E-state index in [1.165, 1.54) is 11.1 Å². The van der Waals surface area contributed by atoms with Crippen LogP contribution in [-0.4, -0.2) is 12.1 Å². The highest BCUT2D eigenvalue weighted by molar-refractivity contribution is 5.63. The summed E-state index contributed by atoms with van der Waals surface area (Å²) in [6, 6.07) is 12.2. The van der Waals surface area contributed by atoms with Crippen molar-refractivity contribution in [2.45, 2.75) is 6.92 Å². The third-order valence-corrected chi connectivity index (χ3v) is 2.30. The molecule has 0 bridgehead atoms. The highest BCUT2D eigenvalue weighted by Gasteiger charge is 1.98. The van der Waals surface area contributed by atoms with Gasteiger partial charge in [-0.2, -0.15) is 0 Å². The Morgan fingerprint density at radius 1 is 1.07 bits per heavy atom. The molecule has 1 aromatic heterocycles. The van der Waals surface area contributed by atoms with Gasteiger partial charge in [0.15, 0.2) is 0 Å². The molecule has 1 heterocycles. The van der Waals surface area contributed by atoms with Crippen molar-refractivity contribution in [1.29, 1.82) is 0 Å². The monoisotopic (exact) mass is 199 g/mol. The molecule has 15 heavy (non-hydrogen) atoms. The third kappa shape index (κ3) is 2.15. The average Bonchev–Trinajstić information content (AvgIpc) is 2.29. The SMILES string of the molecule is COc1ccc(-c2cccc(C)c2)cn1. The average molecular weight is 199 g/mol. The van der Waals surface area contributed by atoms with Crippen LogP contribution in [-0.2, 0) is 0 Å². The van der Waals surface area contributed by atoms with Gasteiger partial charge in [-0.1, -0.05) is 29.8 Å². The Bertz CT molecular complexity index is 448. The molecule has 0 aliphatic rings. The number of aryl methyl sites for hydroxylation is 1. The molecule has 0 atom stereocenters. The van der Waals surface area contributed by atoms with E-state index in [-0.39, 0.29) is 0 Å². The third-order valence-electron chi connectivity index (χ3n) is 2.30. The second-order valence-electron chi connectivity index (χ2n) is 3.46.